The molecule has 0 aromatic heterocycles. The van der Waals surface area contributed by atoms with Crippen LogP contribution >= 0.6 is 11.6 Å². The zero-order valence-electron chi connectivity index (χ0n) is 8.16. The normalized spacial score (nSPS) is 10.7. The molecule has 0 radical (unpaired) electrons. The average Bonchev–Trinajstić information content (AvgIpc) is 2.19. The van der Waals surface area contributed by atoms with Crippen LogP contribution in [0.5, 0.6) is 0 Å². The zero-order valence-corrected chi connectivity index (χ0v) is 8.92. The highest BCUT2D eigenvalue weighted by atomic mass is 35.5. The van der Waals surface area contributed by atoms with Gasteiger partial charge in [0.2, 0.25) is 0 Å². The van der Waals surface area contributed by atoms with E-state index in [1.54, 1.807) is 6.08 Å². The number of benzene rings is 1. The van der Waals surface area contributed by atoms with Crippen LogP contribution in [0, 0.1) is 6.92 Å². The lowest BCUT2D eigenvalue weighted by Gasteiger charge is -2.04. The number of carbonyl (C=O) groups excluding carboxylic acids is 1. The smallest absolute Gasteiger partial charge is 0.142 e. The Morgan fingerprint density at radius 1 is 1.43 bits per heavy atom. The Kier molecular flexibility index (Phi) is 4.41. The van der Waals surface area contributed by atoms with E-state index in [-0.39, 0.29) is 0 Å². The van der Waals surface area contributed by atoms with Crippen molar-refractivity contribution in [2.75, 3.05) is 5.88 Å². The van der Waals surface area contributed by atoms with E-state index in [0.717, 1.165) is 18.3 Å². The van der Waals surface area contributed by atoms with Crippen molar-refractivity contribution in [2.45, 2.75) is 13.3 Å². The number of halogens is 1. The largest absolute Gasteiger partial charge is 0.299 e. The fourth-order valence-corrected chi connectivity index (χ4v) is 1.52. The van der Waals surface area contributed by atoms with Gasteiger partial charge in [-0.1, -0.05) is 24.3 Å². The van der Waals surface area contributed by atoms with Gasteiger partial charge in [-0.3, -0.25) is 4.79 Å². The van der Waals surface area contributed by atoms with Gasteiger partial charge in [-0.05, 0) is 36.1 Å². The first-order valence-corrected chi connectivity index (χ1v) is 5.08. The first kappa shape index (κ1) is 11.0. The summed E-state index contributed by atoms with van der Waals surface area (Å²) in [5.74, 6) is 0.627. The van der Waals surface area contributed by atoms with Crippen molar-refractivity contribution in [2.24, 2.45) is 0 Å². The van der Waals surface area contributed by atoms with Gasteiger partial charge >= 0.3 is 0 Å². The average molecular weight is 209 g/mol. The van der Waals surface area contributed by atoms with Gasteiger partial charge in [-0.15, -0.1) is 11.6 Å². The van der Waals surface area contributed by atoms with Crippen LogP contribution in [0.15, 0.2) is 24.3 Å². The Morgan fingerprint density at radius 2 is 2.21 bits per heavy atom. The molecule has 0 heterocycles. The molecule has 1 nitrogen and oxygen atoms in total. The van der Waals surface area contributed by atoms with E-state index < -0.39 is 0 Å². The third-order valence-electron chi connectivity index (χ3n) is 2.10. The molecule has 0 bridgehead atoms. The lowest BCUT2D eigenvalue weighted by molar-refractivity contribution is -0.104. The fraction of sp³-hybridized carbons (Fsp3) is 0.250. The molecule has 0 saturated carbocycles. The SMILES string of the molecule is Cc1ccc(C=CC=O)cc1CCCl. The van der Waals surface area contributed by atoms with Gasteiger partial charge in [-0.2, -0.15) is 0 Å². The molecule has 0 atom stereocenters. The Hall–Kier alpha value is -1.08. The van der Waals surface area contributed by atoms with Crippen molar-refractivity contribution >= 4 is 24.0 Å². The molecule has 0 amide bonds. The van der Waals surface area contributed by atoms with Crippen molar-refractivity contribution in [3.63, 3.8) is 0 Å². The highest BCUT2D eigenvalue weighted by Gasteiger charge is 1.97. The van der Waals surface area contributed by atoms with Crippen LogP contribution in [0.2, 0.25) is 0 Å². The minimum absolute atomic E-state index is 0.627. The van der Waals surface area contributed by atoms with Crippen LogP contribution in [0.25, 0.3) is 6.08 Å². The van der Waals surface area contributed by atoms with Gasteiger partial charge in [0.15, 0.2) is 0 Å². The Balaban J connectivity index is 2.93. The van der Waals surface area contributed by atoms with E-state index in [1.165, 1.54) is 17.2 Å². The van der Waals surface area contributed by atoms with Gasteiger partial charge < -0.3 is 0 Å². The standard InChI is InChI=1S/C12H13ClO/c1-10-4-5-11(3-2-8-14)9-12(10)6-7-13/h2-5,8-9H,6-7H2,1H3. The van der Waals surface area contributed by atoms with Crippen LogP contribution in [0.1, 0.15) is 16.7 Å². The van der Waals surface area contributed by atoms with E-state index in [4.69, 9.17) is 11.6 Å². The van der Waals surface area contributed by atoms with Gasteiger partial charge in [-0.25, -0.2) is 0 Å². The minimum Gasteiger partial charge on any atom is -0.299 e. The number of carbonyl (C=O) groups is 1. The molecule has 0 fully saturated rings. The summed E-state index contributed by atoms with van der Waals surface area (Å²) in [7, 11) is 0. The summed E-state index contributed by atoms with van der Waals surface area (Å²) in [4.78, 5) is 10.1. The van der Waals surface area contributed by atoms with Gasteiger partial charge in [0.05, 0.1) is 0 Å². The lowest BCUT2D eigenvalue weighted by Crippen LogP contribution is -1.91. The van der Waals surface area contributed by atoms with Crippen LogP contribution in [0.3, 0.4) is 0 Å². The molecule has 0 aliphatic carbocycles. The topological polar surface area (TPSA) is 17.1 Å². The Morgan fingerprint density at radius 3 is 2.86 bits per heavy atom. The number of aldehydes is 1. The number of hydrogen-bond donors (Lipinski definition) is 0. The summed E-state index contributed by atoms with van der Waals surface area (Å²) in [5.41, 5.74) is 3.53. The number of hydrogen-bond acceptors (Lipinski definition) is 1. The predicted octanol–water partition coefficient (Wildman–Crippen LogP) is 2.99. The van der Waals surface area contributed by atoms with Gasteiger partial charge in [0.1, 0.15) is 6.29 Å². The molecular weight excluding hydrogens is 196 g/mol. The van der Waals surface area contributed by atoms with Crippen LogP contribution in [-0.2, 0) is 11.2 Å². The second kappa shape index (κ2) is 5.61. The van der Waals surface area contributed by atoms with E-state index in [1.807, 2.05) is 12.1 Å². The molecule has 1 aromatic rings. The summed E-state index contributed by atoms with van der Waals surface area (Å²) in [5, 5.41) is 0. The maximum atomic E-state index is 10.1. The highest BCUT2D eigenvalue weighted by Crippen LogP contribution is 2.13. The van der Waals surface area contributed by atoms with Crippen molar-refractivity contribution in [1.82, 2.24) is 0 Å². The summed E-state index contributed by atoms with van der Waals surface area (Å²) in [6, 6.07) is 6.11. The molecule has 1 aromatic carbocycles. The molecule has 74 valence electrons. The second-order valence-corrected chi connectivity index (χ2v) is 3.50. The minimum atomic E-state index is 0.627. The van der Waals surface area contributed by atoms with E-state index in [2.05, 4.69) is 13.0 Å². The second-order valence-electron chi connectivity index (χ2n) is 3.12. The molecule has 1 rings (SSSR count). The molecule has 2 heteroatoms. The monoisotopic (exact) mass is 208 g/mol. The van der Waals surface area contributed by atoms with Crippen LogP contribution in [-0.4, -0.2) is 12.2 Å². The van der Waals surface area contributed by atoms with Gasteiger partial charge in [0, 0.05) is 5.88 Å². The third kappa shape index (κ3) is 3.00. The first-order chi connectivity index (χ1) is 6.77. The van der Waals surface area contributed by atoms with Crippen molar-refractivity contribution < 1.29 is 4.79 Å². The summed E-state index contributed by atoms with van der Waals surface area (Å²) in [6.07, 6.45) is 4.94. The maximum absolute atomic E-state index is 10.1. The molecule has 0 saturated heterocycles. The van der Waals surface area contributed by atoms with Crippen molar-refractivity contribution in [3.8, 4) is 0 Å². The highest BCUT2D eigenvalue weighted by molar-refractivity contribution is 6.18. The lowest BCUT2D eigenvalue weighted by atomic mass is 10.0. The summed E-state index contributed by atoms with van der Waals surface area (Å²) >= 11 is 5.69. The van der Waals surface area contributed by atoms with Crippen LogP contribution in [0.4, 0.5) is 0 Å². The molecule has 0 aliphatic heterocycles. The predicted molar refractivity (Wildman–Crippen MR) is 60.7 cm³/mol. The van der Waals surface area contributed by atoms with E-state index >= 15 is 0 Å². The maximum Gasteiger partial charge on any atom is 0.142 e. The quantitative estimate of drug-likeness (QED) is 0.422. The molecule has 0 aliphatic rings. The zero-order chi connectivity index (χ0) is 10.4. The Labute approximate surface area is 89.4 Å². The number of alkyl halides is 1. The molecule has 14 heavy (non-hydrogen) atoms. The molecular formula is C12H13ClO. The van der Waals surface area contributed by atoms with Gasteiger partial charge in [0.25, 0.3) is 0 Å². The van der Waals surface area contributed by atoms with E-state index in [9.17, 15) is 4.79 Å². The fourth-order valence-electron chi connectivity index (χ4n) is 1.32. The molecule has 0 unspecified atom stereocenters. The first-order valence-electron chi connectivity index (χ1n) is 4.55. The van der Waals surface area contributed by atoms with Crippen molar-refractivity contribution in [1.29, 1.82) is 0 Å². The Bertz CT molecular complexity index is 342. The van der Waals surface area contributed by atoms with E-state index in [0.29, 0.717) is 5.88 Å². The number of aryl methyl sites for hydroxylation is 2. The van der Waals surface area contributed by atoms with Crippen LogP contribution < -0.4 is 0 Å². The third-order valence-corrected chi connectivity index (χ3v) is 2.29. The summed E-state index contributed by atoms with van der Waals surface area (Å²) < 4.78 is 0. The van der Waals surface area contributed by atoms with Crippen molar-refractivity contribution in [3.05, 3.63) is 41.0 Å². The molecule has 0 spiro atoms. The summed E-state index contributed by atoms with van der Waals surface area (Å²) in [6.45, 7) is 2.06. The number of allylic oxidation sites excluding steroid dienone is 1. The number of rotatable bonds is 4. The molecule has 0 N–H and O–H groups in total.